The van der Waals surface area contributed by atoms with E-state index in [0.717, 1.165) is 5.56 Å². The number of nitrogens with one attached hydrogen (secondary N) is 2. The van der Waals surface area contributed by atoms with Crippen molar-refractivity contribution in [1.29, 1.82) is 0 Å². The molecule has 0 aliphatic carbocycles. The van der Waals surface area contributed by atoms with Crippen LogP contribution in [0.3, 0.4) is 0 Å². The van der Waals surface area contributed by atoms with Gasteiger partial charge in [0.05, 0.1) is 24.1 Å². The van der Waals surface area contributed by atoms with Crippen molar-refractivity contribution in [3.05, 3.63) is 59.4 Å². The zero-order valence-electron chi connectivity index (χ0n) is 19.2. The van der Waals surface area contributed by atoms with Crippen molar-refractivity contribution < 1.29 is 28.2 Å². The SMILES string of the molecule is CC(=O)Nc1ccc2c(c1)C(=O)N(C)[C@H]1CC[C@@H](CC(=O)NCc3ccc(F)cc3)O[C@@H]1CO2. The summed E-state index contributed by atoms with van der Waals surface area (Å²) in [6, 6.07) is 10.8. The van der Waals surface area contributed by atoms with Crippen LogP contribution in [0.25, 0.3) is 0 Å². The second kappa shape index (κ2) is 10.2. The second-order valence-electron chi connectivity index (χ2n) is 8.67. The third-order valence-electron chi connectivity index (χ3n) is 6.15. The number of carbonyl (C=O) groups excluding carboxylic acids is 3. The Bertz CT molecular complexity index is 1070. The highest BCUT2D eigenvalue weighted by Gasteiger charge is 2.39. The molecule has 0 radical (unpaired) electrons. The molecule has 2 N–H and O–H groups in total. The van der Waals surface area contributed by atoms with Crippen LogP contribution in [0.1, 0.15) is 42.1 Å². The van der Waals surface area contributed by atoms with Gasteiger partial charge in [-0.3, -0.25) is 14.4 Å². The molecule has 2 aliphatic heterocycles. The molecule has 3 atom stereocenters. The Morgan fingerprint density at radius 1 is 1.15 bits per heavy atom. The topological polar surface area (TPSA) is 97.0 Å². The summed E-state index contributed by atoms with van der Waals surface area (Å²) in [4.78, 5) is 38.6. The monoisotopic (exact) mass is 469 g/mol. The lowest BCUT2D eigenvalue weighted by molar-refractivity contribution is -0.134. The predicted octanol–water partition coefficient (Wildman–Crippen LogP) is 2.87. The van der Waals surface area contributed by atoms with Gasteiger partial charge in [0, 0.05) is 26.2 Å². The van der Waals surface area contributed by atoms with Gasteiger partial charge in [-0.1, -0.05) is 12.1 Å². The fraction of sp³-hybridized carbons (Fsp3) is 0.400. The van der Waals surface area contributed by atoms with Crippen LogP contribution in [0, 0.1) is 5.82 Å². The van der Waals surface area contributed by atoms with Gasteiger partial charge in [0.2, 0.25) is 11.8 Å². The van der Waals surface area contributed by atoms with E-state index in [0.29, 0.717) is 36.4 Å². The molecule has 1 fully saturated rings. The summed E-state index contributed by atoms with van der Waals surface area (Å²) in [5.41, 5.74) is 1.73. The van der Waals surface area contributed by atoms with Crippen molar-refractivity contribution >= 4 is 23.4 Å². The molecular formula is C25H28FN3O5. The second-order valence-corrected chi connectivity index (χ2v) is 8.67. The summed E-state index contributed by atoms with van der Waals surface area (Å²) in [6.45, 7) is 1.96. The van der Waals surface area contributed by atoms with Crippen molar-refractivity contribution in [3.63, 3.8) is 0 Å². The third kappa shape index (κ3) is 5.53. The number of benzene rings is 2. The molecule has 0 spiro atoms. The zero-order valence-corrected chi connectivity index (χ0v) is 19.2. The smallest absolute Gasteiger partial charge is 0.257 e. The highest BCUT2D eigenvalue weighted by atomic mass is 19.1. The van der Waals surface area contributed by atoms with E-state index in [4.69, 9.17) is 9.47 Å². The van der Waals surface area contributed by atoms with E-state index in [-0.39, 0.29) is 54.8 Å². The minimum Gasteiger partial charge on any atom is -0.490 e. The fourth-order valence-electron chi connectivity index (χ4n) is 4.39. The number of hydrogen-bond acceptors (Lipinski definition) is 5. The van der Waals surface area contributed by atoms with Gasteiger partial charge in [-0.15, -0.1) is 0 Å². The van der Waals surface area contributed by atoms with Crippen LogP contribution in [0.4, 0.5) is 10.1 Å². The van der Waals surface area contributed by atoms with E-state index in [2.05, 4.69) is 10.6 Å². The summed E-state index contributed by atoms with van der Waals surface area (Å²) >= 11 is 0. The van der Waals surface area contributed by atoms with Crippen LogP contribution in [0.15, 0.2) is 42.5 Å². The largest absolute Gasteiger partial charge is 0.490 e. The molecule has 0 saturated carbocycles. The molecule has 2 aromatic carbocycles. The maximum absolute atomic E-state index is 13.2. The number of likely N-dealkylation sites (N-methyl/N-ethyl adjacent to an activating group) is 1. The molecule has 180 valence electrons. The molecule has 3 amide bonds. The number of amides is 3. The number of rotatable bonds is 5. The lowest BCUT2D eigenvalue weighted by Crippen LogP contribution is -2.53. The molecule has 34 heavy (non-hydrogen) atoms. The van der Waals surface area contributed by atoms with E-state index < -0.39 is 0 Å². The molecule has 8 nitrogen and oxygen atoms in total. The van der Waals surface area contributed by atoms with Gasteiger partial charge in [0.1, 0.15) is 24.3 Å². The molecule has 2 heterocycles. The van der Waals surface area contributed by atoms with Gasteiger partial charge in [0.25, 0.3) is 5.91 Å². The summed E-state index contributed by atoms with van der Waals surface area (Å²) in [6.07, 6.45) is 0.830. The first-order valence-electron chi connectivity index (χ1n) is 11.3. The van der Waals surface area contributed by atoms with E-state index in [1.807, 2.05) is 0 Å². The number of anilines is 1. The standard InChI is InChI=1S/C25H28FN3O5/c1-15(30)28-18-7-10-22-20(11-18)25(32)29(2)21-9-8-19(34-23(21)14-33-22)12-24(31)27-13-16-3-5-17(26)6-4-16/h3-7,10-11,19,21,23H,8-9,12-14H2,1-2H3,(H,27,31)(H,28,30)/t19-,21-,23+/m0/s1. The highest BCUT2D eigenvalue weighted by Crippen LogP contribution is 2.32. The molecule has 2 aromatic rings. The van der Waals surface area contributed by atoms with Gasteiger partial charge in [-0.2, -0.15) is 0 Å². The van der Waals surface area contributed by atoms with Gasteiger partial charge in [0.15, 0.2) is 0 Å². The van der Waals surface area contributed by atoms with Crippen molar-refractivity contribution in [2.45, 2.75) is 51.0 Å². The van der Waals surface area contributed by atoms with E-state index in [1.54, 1.807) is 42.3 Å². The third-order valence-corrected chi connectivity index (χ3v) is 6.15. The quantitative estimate of drug-likeness (QED) is 0.702. The predicted molar refractivity (Wildman–Crippen MR) is 123 cm³/mol. The fourth-order valence-corrected chi connectivity index (χ4v) is 4.39. The van der Waals surface area contributed by atoms with E-state index in [1.165, 1.54) is 19.1 Å². The van der Waals surface area contributed by atoms with Crippen LogP contribution in [0.5, 0.6) is 5.75 Å². The van der Waals surface area contributed by atoms with E-state index in [9.17, 15) is 18.8 Å². The van der Waals surface area contributed by atoms with Crippen LogP contribution < -0.4 is 15.4 Å². The minimum absolute atomic E-state index is 0.153. The molecule has 4 rings (SSSR count). The molecule has 2 aliphatic rings. The van der Waals surface area contributed by atoms with Crippen molar-refractivity contribution in [3.8, 4) is 5.75 Å². The Labute approximate surface area is 197 Å². The Hall–Kier alpha value is -3.46. The van der Waals surface area contributed by atoms with Gasteiger partial charge in [-0.25, -0.2) is 4.39 Å². The van der Waals surface area contributed by atoms with E-state index >= 15 is 0 Å². The molecule has 0 aromatic heterocycles. The molecule has 1 saturated heterocycles. The average Bonchev–Trinajstić information content (AvgIpc) is 2.81. The van der Waals surface area contributed by atoms with Crippen LogP contribution >= 0.6 is 0 Å². The summed E-state index contributed by atoms with van der Waals surface area (Å²) in [5, 5.41) is 5.53. The molecular weight excluding hydrogens is 441 g/mol. The first-order valence-corrected chi connectivity index (χ1v) is 11.3. The Kier molecular flexibility index (Phi) is 7.12. The van der Waals surface area contributed by atoms with Crippen LogP contribution in [-0.4, -0.2) is 54.5 Å². The van der Waals surface area contributed by atoms with Crippen molar-refractivity contribution in [1.82, 2.24) is 10.2 Å². The Morgan fingerprint density at radius 2 is 1.91 bits per heavy atom. The van der Waals surface area contributed by atoms with Gasteiger partial charge in [-0.05, 0) is 48.7 Å². The highest BCUT2D eigenvalue weighted by molar-refractivity contribution is 5.99. The maximum Gasteiger partial charge on any atom is 0.257 e. The number of carbonyl (C=O) groups is 3. The van der Waals surface area contributed by atoms with Crippen molar-refractivity contribution in [2.75, 3.05) is 19.0 Å². The number of ether oxygens (including phenoxy) is 2. The number of nitrogens with zero attached hydrogens (tertiary/aromatic N) is 1. The summed E-state index contributed by atoms with van der Waals surface area (Å²) < 4.78 is 25.1. The number of halogens is 1. The number of fused-ring (bicyclic) bond motifs is 2. The Balaban J connectivity index is 1.38. The Morgan fingerprint density at radius 3 is 2.65 bits per heavy atom. The van der Waals surface area contributed by atoms with Gasteiger partial charge < -0.3 is 25.0 Å². The summed E-state index contributed by atoms with van der Waals surface area (Å²) in [7, 11) is 1.74. The molecule has 9 heteroatoms. The first-order chi connectivity index (χ1) is 16.3. The zero-order chi connectivity index (χ0) is 24.2. The lowest BCUT2D eigenvalue weighted by Gasteiger charge is -2.42. The van der Waals surface area contributed by atoms with Crippen LogP contribution in [-0.2, 0) is 20.9 Å². The molecule has 0 bridgehead atoms. The molecule has 0 unspecified atom stereocenters. The normalized spacial score (nSPS) is 21.9. The van der Waals surface area contributed by atoms with Crippen LogP contribution in [0.2, 0.25) is 0 Å². The maximum atomic E-state index is 13.2. The van der Waals surface area contributed by atoms with Gasteiger partial charge >= 0.3 is 0 Å². The summed E-state index contributed by atoms with van der Waals surface area (Å²) in [5.74, 6) is -0.482. The van der Waals surface area contributed by atoms with Crippen molar-refractivity contribution in [2.24, 2.45) is 0 Å². The lowest BCUT2D eigenvalue weighted by atomic mass is 9.94. The first kappa shape index (κ1) is 23.7. The number of hydrogen-bond donors (Lipinski definition) is 2. The average molecular weight is 470 g/mol. The minimum atomic E-state index is -0.374.